The maximum absolute atomic E-state index is 5.79. The first-order valence-electron chi connectivity index (χ1n) is 5.36. The highest BCUT2D eigenvalue weighted by Gasteiger charge is 2.07. The zero-order valence-corrected chi connectivity index (χ0v) is 10.3. The van der Waals surface area contributed by atoms with Gasteiger partial charge in [-0.2, -0.15) is 0 Å². The van der Waals surface area contributed by atoms with Crippen molar-refractivity contribution in [1.82, 2.24) is 4.98 Å². The van der Waals surface area contributed by atoms with Gasteiger partial charge >= 0.3 is 0 Å². The predicted molar refractivity (Wildman–Crippen MR) is 67.0 cm³/mol. The van der Waals surface area contributed by atoms with E-state index in [1.54, 1.807) is 11.3 Å². The third kappa shape index (κ3) is 2.61. The molecule has 2 nitrogen and oxygen atoms in total. The first kappa shape index (κ1) is 11.1. The van der Waals surface area contributed by atoms with Crippen LogP contribution >= 0.6 is 11.3 Å². The SMILES string of the molecule is CC(C)c1ccccc1OCc1cscn1. The van der Waals surface area contributed by atoms with Crippen LogP contribution in [0.4, 0.5) is 0 Å². The fraction of sp³-hybridized carbons (Fsp3) is 0.308. The van der Waals surface area contributed by atoms with Gasteiger partial charge < -0.3 is 4.74 Å². The molecule has 0 aliphatic rings. The number of ether oxygens (including phenoxy) is 1. The molecule has 84 valence electrons. The molecule has 2 aromatic rings. The maximum atomic E-state index is 5.79. The van der Waals surface area contributed by atoms with Crippen molar-refractivity contribution >= 4 is 11.3 Å². The summed E-state index contributed by atoms with van der Waals surface area (Å²) in [4.78, 5) is 4.20. The van der Waals surface area contributed by atoms with Gasteiger partial charge in [-0.25, -0.2) is 4.98 Å². The molecule has 0 saturated carbocycles. The number of thiazole rings is 1. The maximum Gasteiger partial charge on any atom is 0.131 e. The largest absolute Gasteiger partial charge is 0.487 e. The van der Waals surface area contributed by atoms with Crippen molar-refractivity contribution in [1.29, 1.82) is 0 Å². The Morgan fingerprint density at radius 1 is 1.31 bits per heavy atom. The van der Waals surface area contributed by atoms with Crippen molar-refractivity contribution in [2.45, 2.75) is 26.4 Å². The minimum atomic E-state index is 0.478. The van der Waals surface area contributed by atoms with Gasteiger partial charge in [0.15, 0.2) is 0 Å². The van der Waals surface area contributed by atoms with E-state index in [2.05, 4.69) is 24.9 Å². The van der Waals surface area contributed by atoms with E-state index in [1.165, 1.54) is 5.56 Å². The molecule has 0 bridgehead atoms. The van der Waals surface area contributed by atoms with Gasteiger partial charge in [0.1, 0.15) is 12.4 Å². The van der Waals surface area contributed by atoms with E-state index in [0.29, 0.717) is 12.5 Å². The van der Waals surface area contributed by atoms with Crippen molar-refractivity contribution in [2.75, 3.05) is 0 Å². The third-order valence-electron chi connectivity index (χ3n) is 2.40. The van der Waals surface area contributed by atoms with Gasteiger partial charge in [-0.1, -0.05) is 32.0 Å². The molecule has 0 unspecified atom stereocenters. The average Bonchev–Trinajstić information content (AvgIpc) is 2.79. The first-order chi connectivity index (χ1) is 7.77. The van der Waals surface area contributed by atoms with Crippen LogP contribution in [0.5, 0.6) is 5.75 Å². The van der Waals surface area contributed by atoms with Crippen molar-refractivity contribution in [3.8, 4) is 5.75 Å². The molecule has 2 rings (SSSR count). The van der Waals surface area contributed by atoms with Crippen LogP contribution in [0, 0.1) is 0 Å². The second kappa shape index (κ2) is 5.12. The van der Waals surface area contributed by atoms with Gasteiger partial charge in [-0.05, 0) is 17.5 Å². The van der Waals surface area contributed by atoms with Crippen LogP contribution in [0.15, 0.2) is 35.2 Å². The molecule has 0 aliphatic heterocycles. The highest BCUT2D eigenvalue weighted by molar-refractivity contribution is 7.07. The van der Waals surface area contributed by atoms with E-state index in [-0.39, 0.29) is 0 Å². The van der Waals surface area contributed by atoms with Crippen LogP contribution in [-0.4, -0.2) is 4.98 Å². The fourth-order valence-electron chi connectivity index (χ4n) is 1.55. The second-order valence-electron chi connectivity index (χ2n) is 3.96. The molecule has 0 spiro atoms. The minimum Gasteiger partial charge on any atom is -0.487 e. The Hall–Kier alpha value is -1.35. The smallest absolute Gasteiger partial charge is 0.131 e. The lowest BCUT2D eigenvalue weighted by molar-refractivity contribution is 0.298. The molecule has 0 saturated heterocycles. The summed E-state index contributed by atoms with van der Waals surface area (Å²) in [7, 11) is 0. The summed E-state index contributed by atoms with van der Waals surface area (Å²) >= 11 is 1.59. The van der Waals surface area contributed by atoms with Crippen LogP contribution in [0.1, 0.15) is 31.0 Å². The van der Waals surface area contributed by atoms with E-state index in [4.69, 9.17) is 4.74 Å². The number of rotatable bonds is 4. The quantitative estimate of drug-likeness (QED) is 0.800. The minimum absolute atomic E-state index is 0.478. The van der Waals surface area contributed by atoms with E-state index in [1.807, 2.05) is 29.1 Å². The Morgan fingerprint density at radius 2 is 2.12 bits per heavy atom. The summed E-state index contributed by atoms with van der Waals surface area (Å²) < 4.78 is 5.79. The van der Waals surface area contributed by atoms with Crippen molar-refractivity contribution in [3.05, 3.63) is 46.4 Å². The average molecular weight is 233 g/mol. The molecule has 0 atom stereocenters. The molecular formula is C13H15NOS. The monoisotopic (exact) mass is 233 g/mol. The number of para-hydroxylation sites is 1. The first-order valence-corrected chi connectivity index (χ1v) is 6.30. The van der Waals surface area contributed by atoms with Crippen molar-refractivity contribution in [3.63, 3.8) is 0 Å². The number of hydrogen-bond acceptors (Lipinski definition) is 3. The Labute approximate surface area is 99.9 Å². The molecule has 0 N–H and O–H groups in total. The highest BCUT2D eigenvalue weighted by Crippen LogP contribution is 2.26. The van der Waals surface area contributed by atoms with Gasteiger partial charge in [0.2, 0.25) is 0 Å². The lowest BCUT2D eigenvalue weighted by Gasteiger charge is -2.12. The second-order valence-corrected chi connectivity index (χ2v) is 4.68. The molecule has 1 heterocycles. The van der Waals surface area contributed by atoms with E-state index in [9.17, 15) is 0 Å². The van der Waals surface area contributed by atoms with Crippen molar-refractivity contribution in [2.24, 2.45) is 0 Å². The summed E-state index contributed by atoms with van der Waals surface area (Å²) in [6.07, 6.45) is 0. The Morgan fingerprint density at radius 3 is 2.81 bits per heavy atom. The van der Waals surface area contributed by atoms with E-state index in [0.717, 1.165) is 11.4 Å². The Kier molecular flexibility index (Phi) is 3.57. The van der Waals surface area contributed by atoms with Gasteiger partial charge in [0.05, 0.1) is 11.2 Å². The van der Waals surface area contributed by atoms with Crippen LogP contribution in [-0.2, 0) is 6.61 Å². The van der Waals surface area contributed by atoms with Crippen LogP contribution in [0.2, 0.25) is 0 Å². The summed E-state index contributed by atoms with van der Waals surface area (Å²) in [5.41, 5.74) is 4.06. The molecule has 0 fully saturated rings. The lowest BCUT2D eigenvalue weighted by Crippen LogP contribution is -1.99. The van der Waals surface area contributed by atoms with E-state index >= 15 is 0 Å². The zero-order valence-electron chi connectivity index (χ0n) is 9.51. The van der Waals surface area contributed by atoms with Crippen LogP contribution in [0.25, 0.3) is 0 Å². The Bertz CT molecular complexity index is 437. The van der Waals surface area contributed by atoms with Crippen LogP contribution < -0.4 is 4.74 Å². The molecule has 1 aromatic heterocycles. The summed E-state index contributed by atoms with van der Waals surface area (Å²) in [5, 5.41) is 2.01. The van der Waals surface area contributed by atoms with Gasteiger partial charge in [0, 0.05) is 5.38 Å². The van der Waals surface area contributed by atoms with Gasteiger partial charge in [-0.15, -0.1) is 11.3 Å². The number of nitrogens with zero attached hydrogens (tertiary/aromatic N) is 1. The molecule has 1 aromatic carbocycles. The van der Waals surface area contributed by atoms with E-state index < -0.39 is 0 Å². The van der Waals surface area contributed by atoms with Gasteiger partial charge in [0.25, 0.3) is 0 Å². The summed E-state index contributed by atoms with van der Waals surface area (Å²) in [5.74, 6) is 1.44. The molecular weight excluding hydrogens is 218 g/mol. The molecule has 3 heteroatoms. The molecule has 0 amide bonds. The molecule has 16 heavy (non-hydrogen) atoms. The lowest BCUT2D eigenvalue weighted by atomic mass is 10.0. The van der Waals surface area contributed by atoms with Crippen LogP contribution in [0.3, 0.4) is 0 Å². The van der Waals surface area contributed by atoms with Gasteiger partial charge in [-0.3, -0.25) is 0 Å². The van der Waals surface area contributed by atoms with Crippen molar-refractivity contribution < 1.29 is 4.74 Å². The summed E-state index contributed by atoms with van der Waals surface area (Å²) in [6.45, 7) is 4.89. The standard InChI is InChI=1S/C13H15NOS/c1-10(2)12-5-3-4-6-13(12)15-7-11-8-16-9-14-11/h3-6,8-10H,7H2,1-2H3. The number of hydrogen-bond donors (Lipinski definition) is 0. The highest BCUT2D eigenvalue weighted by atomic mass is 32.1. The molecule has 0 aliphatic carbocycles. The number of benzene rings is 1. The zero-order chi connectivity index (χ0) is 11.4. The summed E-state index contributed by atoms with van der Waals surface area (Å²) in [6, 6.07) is 8.18. The molecule has 0 radical (unpaired) electrons. The fourth-order valence-corrected chi connectivity index (χ4v) is 2.09. The normalized spacial score (nSPS) is 10.7. The third-order valence-corrected chi connectivity index (χ3v) is 3.04. The number of aromatic nitrogens is 1. The Balaban J connectivity index is 2.09. The predicted octanol–water partition coefficient (Wildman–Crippen LogP) is 3.85. The topological polar surface area (TPSA) is 22.1 Å².